The molecule has 80 valence electrons. The summed E-state index contributed by atoms with van der Waals surface area (Å²) in [4.78, 5) is 2.00. The molecule has 0 amide bonds. The first-order valence-corrected chi connectivity index (χ1v) is 4.96. The monoisotopic (exact) mass is 215 g/mol. The Bertz CT molecular complexity index is 248. The van der Waals surface area contributed by atoms with E-state index in [9.17, 15) is 0 Å². The predicted molar refractivity (Wildman–Crippen MR) is 62.1 cm³/mol. The number of benzene rings is 1. The fourth-order valence-corrected chi connectivity index (χ4v) is 0.894. The van der Waals surface area contributed by atoms with Crippen LogP contribution in [-0.4, -0.2) is 32.1 Å². The van der Waals surface area contributed by atoms with Crippen LogP contribution in [0, 0.1) is 6.92 Å². The molecule has 0 aliphatic heterocycles. The van der Waals surface area contributed by atoms with Crippen LogP contribution in [0.3, 0.4) is 0 Å². The highest BCUT2D eigenvalue weighted by molar-refractivity contribution is 6.17. The molecule has 0 fully saturated rings. The molecule has 3 heteroatoms. The zero-order chi connectivity index (χ0) is 11.0. The Morgan fingerprint density at radius 3 is 2.29 bits per heavy atom. The summed E-state index contributed by atoms with van der Waals surface area (Å²) in [5, 5.41) is 0. The van der Waals surface area contributed by atoms with E-state index in [2.05, 4.69) is 0 Å². The maximum Gasteiger partial charge on any atom is 0.162 e. The van der Waals surface area contributed by atoms with Gasteiger partial charge in [0.1, 0.15) is 5.75 Å². The zero-order valence-electron chi connectivity index (χ0n) is 9.25. The molecule has 14 heavy (non-hydrogen) atoms. The van der Waals surface area contributed by atoms with Gasteiger partial charge in [-0.3, -0.25) is 0 Å². The molecular weight excluding hydrogens is 198 g/mol. The first-order chi connectivity index (χ1) is 6.56. The number of ether oxygens (including phenoxy) is 1. The molecule has 0 aromatic heterocycles. The molecule has 0 atom stereocenters. The smallest absolute Gasteiger partial charge is 0.162 e. The highest BCUT2D eigenvalue weighted by Gasteiger charge is 1.89. The van der Waals surface area contributed by atoms with E-state index in [0.29, 0.717) is 0 Å². The normalized spacial score (nSPS) is 9.29. The summed E-state index contributed by atoms with van der Waals surface area (Å²) in [6.45, 7) is 2.01. The summed E-state index contributed by atoms with van der Waals surface area (Å²) < 4.78 is 5.05. The highest BCUT2D eigenvalue weighted by Crippen LogP contribution is 2.12. The molecule has 0 bridgehead atoms. The van der Waals surface area contributed by atoms with Gasteiger partial charge in [-0.2, -0.15) is 0 Å². The number of aryl methyl sites for hydroxylation is 1. The van der Waals surface area contributed by atoms with Crippen LogP contribution in [0.4, 0.5) is 0 Å². The van der Waals surface area contributed by atoms with E-state index in [1.54, 1.807) is 0 Å². The van der Waals surface area contributed by atoms with Crippen LogP contribution in [0.2, 0.25) is 0 Å². The van der Waals surface area contributed by atoms with Crippen LogP contribution in [0.25, 0.3) is 0 Å². The van der Waals surface area contributed by atoms with Crippen molar-refractivity contribution >= 4 is 11.6 Å². The molecule has 1 aromatic carbocycles. The van der Waals surface area contributed by atoms with Crippen molar-refractivity contribution < 1.29 is 4.74 Å². The van der Waals surface area contributed by atoms with Gasteiger partial charge in [0.05, 0.1) is 0 Å². The Hall–Kier alpha value is -0.730. The van der Waals surface area contributed by atoms with Gasteiger partial charge < -0.3 is 9.64 Å². The summed E-state index contributed by atoms with van der Waals surface area (Å²) in [5.74, 6) is 0.829. The van der Waals surface area contributed by atoms with Crippen molar-refractivity contribution in [3.05, 3.63) is 29.8 Å². The molecular formula is C11H18ClNO. The quantitative estimate of drug-likeness (QED) is 0.704. The second-order valence-electron chi connectivity index (χ2n) is 3.41. The van der Waals surface area contributed by atoms with Crippen molar-refractivity contribution in [1.29, 1.82) is 0 Å². The van der Waals surface area contributed by atoms with Gasteiger partial charge >= 0.3 is 0 Å². The maximum absolute atomic E-state index is 5.37. The Morgan fingerprint density at radius 2 is 1.86 bits per heavy atom. The number of halogens is 1. The first-order valence-electron chi connectivity index (χ1n) is 4.42. The maximum atomic E-state index is 5.37. The van der Waals surface area contributed by atoms with Crippen molar-refractivity contribution in [1.82, 2.24) is 4.90 Å². The summed E-state index contributed by atoms with van der Waals surface area (Å²) in [5.41, 5.74) is 1.18. The molecule has 1 aromatic rings. The minimum absolute atomic E-state index is 0.212. The summed E-state index contributed by atoms with van der Waals surface area (Å²) in [7, 11) is 6.00. The number of hydrogen-bond acceptors (Lipinski definition) is 2. The van der Waals surface area contributed by atoms with Crippen molar-refractivity contribution in [3.8, 4) is 5.75 Å². The Labute approximate surface area is 91.4 Å². The third-order valence-electron chi connectivity index (χ3n) is 1.21. The molecule has 0 aliphatic rings. The van der Waals surface area contributed by atoms with Gasteiger partial charge in [0.2, 0.25) is 0 Å². The molecule has 0 radical (unpaired) electrons. The predicted octanol–water partition coefficient (Wildman–Crippen LogP) is 2.75. The third kappa shape index (κ3) is 7.90. The van der Waals surface area contributed by atoms with Gasteiger partial charge in [0.15, 0.2) is 6.07 Å². The summed E-state index contributed by atoms with van der Waals surface area (Å²) >= 11 is 5.37. The van der Waals surface area contributed by atoms with Crippen molar-refractivity contribution in [2.75, 3.05) is 27.2 Å². The Morgan fingerprint density at radius 1 is 1.29 bits per heavy atom. The molecule has 0 unspecified atom stereocenters. The highest BCUT2D eigenvalue weighted by atomic mass is 35.5. The fourth-order valence-electron chi connectivity index (χ4n) is 0.768. The van der Waals surface area contributed by atoms with E-state index in [-0.39, 0.29) is 6.07 Å². The lowest BCUT2D eigenvalue weighted by Crippen LogP contribution is -1.99. The molecule has 2 nitrogen and oxygen atoms in total. The third-order valence-corrected chi connectivity index (χ3v) is 1.32. The standard InChI is InChI=1S/C8H9ClO.C3H9N/c1-7-3-2-4-8(5-7)10-6-9;1-4(2)3/h2-5H,6H2,1H3;1-3H3. The summed E-state index contributed by atoms with van der Waals surface area (Å²) in [6, 6.07) is 8.00. The zero-order valence-corrected chi connectivity index (χ0v) is 10.0. The average molecular weight is 216 g/mol. The lowest BCUT2D eigenvalue weighted by molar-refractivity contribution is 0.388. The van der Waals surface area contributed by atoms with E-state index in [1.165, 1.54) is 5.56 Å². The van der Waals surface area contributed by atoms with Crippen molar-refractivity contribution in [3.63, 3.8) is 0 Å². The molecule has 0 spiro atoms. The Balaban J connectivity index is 0.000000364. The number of alkyl halides is 1. The van der Waals surface area contributed by atoms with E-state index in [1.807, 2.05) is 57.2 Å². The van der Waals surface area contributed by atoms with Crippen LogP contribution in [0.1, 0.15) is 5.56 Å². The van der Waals surface area contributed by atoms with Crippen molar-refractivity contribution in [2.24, 2.45) is 0 Å². The van der Waals surface area contributed by atoms with E-state index >= 15 is 0 Å². The number of nitrogens with zero attached hydrogens (tertiary/aromatic N) is 1. The lowest BCUT2D eigenvalue weighted by Gasteiger charge is -2.00. The molecule has 0 saturated carbocycles. The Kier molecular flexibility index (Phi) is 7.25. The second kappa shape index (κ2) is 7.65. The molecule has 0 heterocycles. The van der Waals surface area contributed by atoms with Gasteiger partial charge in [-0.05, 0) is 45.8 Å². The number of hydrogen-bond donors (Lipinski definition) is 0. The molecule has 0 N–H and O–H groups in total. The van der Waals surface area contributed by atoms with Gasteiger partial charge in [-0.15, -0.1) is 0 Å². The van der Waals surface area contributed by atoms with Crippen molar-refractivity contribution in [2.45, 2.75) is 6.92 Å². The van der Waals surface area contributed by atoms with Crippen LogP contribution >= 0.6 is 11.6 Å². The van der Waals surface area contributed by atoms with E-state index in [0.717, 1.165) is 5.75 Å². The van der Waals surface area contributed by atoms with Gasteiger partial charge in [-0.1, -0.05) is 23.7 Å². The van der Waals surface area contributed by atoms with Gasteiger partial charge in [0, 0.05) is 0 Å². The average Bonchev–Trinajstić information content (AvgIpc) is 2.03. The molecule has 0 saturated heterocycles. The van der Waals surface area contributed by atoms with Gasteiger partial charge in [0.25, 0.3) is 0 Å². The SMILES string of the molecule is CN(C)C.Cc1cccc(OCCl)c1. The lowest BCUT2D eigenvalue weighted by atomic mass is 10.2. The van der Waals surface area contributed by atoms with Crippen LogP contribution in [-0.2, 0) is 0 Å². The molecule has 0 aliphatic carbocycles. The molecule has 1 rings (SSSR count). The van der Waals surface area contributed by atoms with E-state index in [4.69, 9.17) is 16.3 Å². The van der Waals surface area contributed by atoms with E-state index < -0.39 is 0 Å². The van der Waals surface area contributed by atoms with Crippen LogP contribution < -0.4 is 4.74 Å². The number of rotatable bonds is 2. The van der Waals surface area contributed by atoms with Crippen LogP contribution in [0.5, 0.6) is 5.75 Å². The largest absolute Gasteiger partial charge is 0.478 e. The topological polar surface area (TPSA) is 12.5 Å². The first kappa shape index (κ1) is 13.3. The van der Waals surface area contributed by atoms with Gasteiger partial charge in [-0.25, -0.2) is 0 Å². The fraction of sp³-hybridized carbons (Fsp3) is 0.455. The second-order valence-corrected chi connectivity index (χ2v) is 3.63. The minimum atomic E-state index is 0.212. The summed E-state index contributed by atoms with van der Waals surface area (Å²) in [6.07, 6.45) is 0. The van der Waals surface area contributed by atoms with Crippen LogP contribution in [0.15, 0.2) is 24.3 Å². The minimum Gasteiger partial charge on any atom is -0.478 e.